The van der Waals surface area contributed by atoms with Gasteiger partial charge in [0.25, 0.3) is 0 Å². The number of pyridine rings is 1. The Morgan fingerprint density at radius 1 is 1.05 bits per heavy atom. The molecular formula is C16H11BrN4. The van der Waals surface area contributed by atoms with Gasteiger partial charge in [-0.3, -0.25) is 0 Å². The summed E-state index contributed by atoms with van der Waals surface area (Å²) in [4.78, 5) is 4.21. The van der Waals surface area contributed by atoms with Crippen LogP contribution in [-0.2, 0) is 0 Å². The highest BCUT2D eigenvalue weighted by Crippen LogP contribution is 2.31. The third kappa shape index (κ3) is 2.54. The molecule has 102 valence electrons. The quantitative estimate of drug-likeness (QED) is 0.734. The molecule has 0 aliphatic rings. The summed E-state index contributed by atoms with van der Waals surface area (Å²) in [5, 5.41) is 14.4. The standard InChI is InChI=1S/C16H11BrN4/c17-12-5-7-14(11-4-2-1-3-10(11)12)20-16-8-6-13(19)15(9-18)21-16/h1-8H,19H2,(H,20,21). The Bertz CT molecular complexity index is 868. The lowest BCUT2D eigenvalue weighted by atomic mass is 10.1. The molecule has 3 aromatic rings. The average molecular weight is 339 g/mol. The number of anilines is 3. The smallest absolute Gasteiger partial charge is 0.165 e. The third-order valence-electron chi connectivity index (χ3n) is 3.17. The number of rotatable bonds is 2. The van der Waals surface area contributed by atoms with Crippen molar-refractivity contribution in [3.8, 4) is 6.07 Å². The zero-order chi connectivity index (χ0) is 14.8. The van der Waals surface area contributed by atoms with Gasteiger partial charge in [-0.25, -0.2) is 4.98 Å². The van der Waals surface area contributed by atoms with E-state index in [-0.39, 0.29) is 5.69 Å². The van der Waals surface area contributed by atoms with Crippen molar-refractivity contribution in [3.05, 3.63) is 58.7 Å². The largest absolute Gasteiger partial charge is 0.396 e. The van der Waals surface area contributed by atoms with Gasteiger partial charge in [-0.05, 0) is 29.7 Å². The maximum Gasteiger partial charge on any atom is 0.165 e. The highest BCUT2D eigenvalue weighted by atomic mass is 79.9. The van der Waals surface area contributed by atoms with E-state index in [1.165, 1.54) is 0 Å². The molecule has 0 saturated carbocycles. The molecule has 0 aliphatic carbocycles. The molecule has 0 unspecified atom stereocenters. The second kappa shape index (κ2) is 5.43. The molecular weight excluding hydrogens is 328 g/mol. The molecule has 0 spiro atoms. The van der Waals surface area contributed by atoms with Crippen LogP contribution < -0.4 is 11.1 Å². The first kappa shape index (κ1) is 13.4. The van der Waals surface area contributed by atoms with Crippen LogP contribution >= 0.6 is 15.9 Å². The van der Waals surface area contributed by atoms with Crippen molar-refractivity contribution in [1.82, 2.24) is 4.98 Å². The Morgan fingerprint density at radius 2 is 1.81 bits per heavy atom. The highest BCUT2D eigenvalue weighted by molar-refractivity contribution is 9.10. The van der Waals surface area contributed by atoms with Gasteiger partial charge in [-0.15, -0.1) is 0 Å². The molecule has 0 atom stereocenters. The maximum absolute atomic E-state index is 8.99. The van der Waals surface area contributed by atoms with Gasteiger partial charge < -0.3 is 11.1 Å². The highest BCUT2D eigenvalue weighted by Gasteiger charge is 2.06. The van der Waals surface area contributed by atoms with Gasteiger partial charge >= 0.3 is 0 Å². The number of fused-ring (bicyclic) bond motifs is 1. The monoisotopic (exact) mass is 338 g/mol. The van der Waals surface area contributed by atoms with E-state index in [0.717, 1.165) is 20.9 Å². The fourth-order valence-corrected chi connectivity index (χ4v) is 2.62. The molecule has 1 aromatic heterocycles. The molecule has 1 heterocycles. The molecule has 2 aromatic carbocycles. The molecule has 0 aliphatic heterocycles. The number of hydrogen-bond acceptors (Lipinski definition) is 4. The van der Waals surface area contributed by atoms with E-state index in [9.17, 15) is 0 Å². The molecule has 0 amide bonds. The SMILES string of the molecule is N#Cc1nc(Nc2ccc(Br)c3ccccc23)ccc1N. The van der Waals surface area contributed by atoms with Crippen molar-refractivity contribution in [2.45, 2.75) is 0 Å². The number of nitrogens with one attached hydrogen (secondary N) is 1. The molecule has 3 N–H and O–H groups in total. The van der Waals surface area contributed by atoms with Crippen LogP contribution in [0.1, 0.15) is 5.69 Å². The molecule has 0 fully saturated rings. The van der Waals surface area contributed by atoms with Gasteiger partial charge in [-0.2, -0.15) is 5.26 Å². The van der Waals surface area contributed by atoms with Gasteiger partial charge in [0, 0.05) is 15.5 Å². The van der Waals surface area contributed by atoms with Crippen molar-refractivity contribution in [3.63, 3.8) is 0 Å². The summed E-state index contributed by atoms with van der Waals surface area (Å²) in [6, 6.07) is 17.4. The first-order valence-electron chi connectivity index (χ1n) is 6.30. The molecule has 3 rings (SSSR count). The van der Waals surface area contributed by atoms with Crippen LogP contribution in [0.25, 0.3) is 10.8 Å². The maximum atomic E-state index is 8.99. The summed E-state index contributed by atoms with van der Waals surface area (Å²) in [6.45, 7) is 0. The van der Waals surface area contributed by atoms with E-state index in [1.807, 2.05) is 42.5 Å². The second-order valence-corrected chi connectivity index (χ2v) is 5.37. The van der Waals surface area contributed by atoms with E-state index < -0.39 is 0 Å². The minimum Gasteiger partial charge on any atom is -0.396 e. The lowest BCUT2D eigenvalue weighted by Crippen LogP contribution is -1.99. The summed E-state index contributed by atoms with van der Waals surface area (Å²) < 4.78 is 1.03. The number of benzene rings is 2. The number of aromatic nitrogens is 1. The van der Waals surface area contributed by atoms with Crippen LogP contribution in [0, 0.1) is 11.3 Å². The van der Waals surface area contributed by atoms with Crippen LogP contribution in [0.15, 0.2) is 53.0 Å². The van der Waals surface area contributed by atoms with Gasteiger partial charge in [0.2, 0.25) is 0 Å². The number of nitriles is 1. The van der Waals surface area contributed by atoms with Crippen molar-refractivity contribution in [1.29, 1.82) is 5.26 Å². The van der Waals surface area contributed by atoms with Gasteiger partial charge in [-0.1, -0.05) is 40.2 Å². The topological polar surface area (TPSA) is 74.7 Å². The zero-order valence-corrected chi connectivity index (χ0v) is 12.6. The Morgan fingerprint density at radius 3 is 2.57 bits per heavy atom. The zero-order valence-electron chi connectivity index (χ0n) is 11.0. The molecule has 0 radical (unpaired) electrons. The average Bonchev–Trinajstić information content (AvgIpc) is 2.52. The molecule has 4 nitrogen and oxygen atoms in total. The van der Waals surface area contributed by atoms with Crippen LogP contribution in [-0.4, -0.2) is 4.98 Å². The molecule has 21 heavy (non-hydrogen) atoms. The van der Waals surface area contributed by atoms with E-state index in [1.54, 1.807) is 12.1 Å². The Labute approximate surface area is 130 Å². The van der Waals surface area contributed by atoms with E-state index in [2.05, 4.69) is 26.2 Å². The first-order chi connectivity index (χ1) is 10.2. The second-order valence-electron chi connectivity index (χ2n) is 4.51. The Kier molecular flexibility index (Phi) is 3.46. The predicted octanol–water partition coefficient (Wildman–Crippen LogP) is 4.19. The summed E-state index contributed by atoms with van der Waals surface area (Å²) in [7, 11) is 0. The number of nitrogen functional groups attached to an aromatic ring is 1. The summed E-state index contributed by atoms with van der Waals surface area (Å²) in [5.74, 6) is 0.591. The van der Waals surface area contributed by atoms with Crippen molar-refractivity contribution in [2.24, 2.45) is 0 Å². The Hall–Kier alpha value is -2.58. The van der Waals surface area contributed by atoms with E-state index in [4.69, 9.17) is 11.0 Å². The minimum absolute atomic E-state index is 0.224. The molecule has 0 saturated heterocycles. The molecule has 5 heteroatoms. The fraction of sp³-hybridized carbons (Fsp3) is 0. The van der Waals surface area contributed by atoms with Gasteiger partial charge in [0.1, 0.15) is 11.9 Å². The number of nitrogens with two attached hydrogens (primary N) is 1. The third-order valence-corrected chi connectivity index (χ3v) is 3.86. The van der Waals surface area contributed by atoms with Gasteiger partial charge in [0.05, 0.1) is 5.69 Å². The number of hydrogen-bond donors (Lipinski definition) is 2. The van der Waals surface area contributed by atoms with E-state index >= 15 is 0 Å². The minimum atomic E-state index is 0.224. The van der Waals surface area contributed by atoms with Crippen molar-refractivity contribution in [2.75, 3.05) is 11.1 Å². The first-order valence-corrected chi connectivity index (χ1v) is 7.09. The number of nitrogens with zero attached hydrogens (tertiary/aromatic N) is 2. The normalized spacial score (nSPS) is 10.3. The molecule has 0 bridgehead atoms. The van der Waals surface area contributed by atoms with Crippen molar-refractivity contribution >= 4 is 43.9 Å². The fourth-order valence-electron chi connectivity index (χ4n) is 2.14. The van der Waals surface area contributed by atoms with Crippen LogP contribution in [0.5, 0.6) is 0 Å². The lowest BCUT2D eigenvalue weighted by molar-refractivity contribution is 1.26. The van der Waals surface area contributed by atoms with E-state index in [0.29, 0.717) is 11.5 Å². The summed E-state index contributed by atoms with van der Waals surface area (Å²) in [5.41, 5.74) is 7.21. The van der Waals surface area contributed by atoms with Crippen LogP contribution in [0.3, 0.4) is 0 Å². The van der Waals surface area contributed by atoms with Crippen LogP contribution in [0.4, 0.5) is 17.2 Å². The van der Waals surface area contributed by atoms with Gasteiger partial charge in [0.15, 0.2) is 5.69 Å². The van der Waals surface area contributed by atoms with Crippen molar-refractivity contribution < 1.29 is 0 Å². The lowest BCUT2D eigenvalue weighted by Gasteiger charge is -2.11. The Balaban J connectivity index is 2.07. The number of halogens is 1. The summed E-state index contributed by atoms with van der Waals surface area (Å²) in [6.07, 6.45) is 0. The predicted molar refractivity (Wildman–Crippen MR) is 88.3 cm³/mol. The summed E-state index contributed by atoms with van der Waals surface area (Å²) >= 11 is 3.55. The van der Waals surface area contributed by atoms with Crippen LogP contribution in [0.2, 0.25) is 0 Å².